The summed E-state index contributed by atoms with van der Waals surface area (Å²) in [6, 6.07) is 6.03. The number of fused-ring (bicyclic) bond motifs is 1. The Balaban J connectivity index is 1.93. The van der Waals surface area contributed by atoms with E-state index in [4.69, 9.17) is 0 Å². The summed E-state index contributed by atoms with van der Waals surface area (Å²) in [4.78, 5) is 36.3. The molecule has 3 N–H and O–H groups in total. The first-order valence-corrected chi connectivity index (χ1v) is 7.32. The number of para-hydroxylation sites is 1. The fourth-order valence-corrected chi connectivity index (χ4v) is 4.33. The van der Waals surface area contributed by atoms with Crippen molar-refractivity contribution < 1.29 is 24.6 Å². The molecule has 1 saturated heterocycles. The molecule has 1 aliphatic carbocycles. The Morgan fingerprint density at radius 3 is 2.76 bits per heavy atom. The first kappa shape index (κ1) is 14.1. The lowest BCUT2D eigenvalue weighted by Gasteiger charge is -2.23. The third kappa shape index (κ3) is 2.04. The molecule has 2 aliphatic rings. The molecular weight excluding hydrogens is 294 g/mol. The predicted molar refractivity (Wildman–Crippen MR) is 74.6 cm³/mol. The van der Waals surface area contributed by atoms with Crippen molar-refractivity contribution in [3.63, 3.8) is 0 Å². The zero-order chi connectivity index (χ0) is 15.2. The molecule has 2 amide bonds. The van der Waals surface area contributed by atoms with Crippen LogP contribution in [0.5, 0.6) is 5.75 Å². The molecule has 0 bridgehead atoms. The fourth-order valence-electron chi connectivity index (χ4n) is 2.96. The number of nitrogens with one attached hydrogen (secondary N) is 1. The molecule has 6 nitrogen and oxygen atoms in total. The molecule has 0 spiro atoms. The molecule has 1 aromatic rings. The highest BCUT2D eigenvalue weighted by atomic mass is 32.2. The molecule has 3 atom stereocenters. The summed E-state index contributed by atoms with van der Waals surface area (Å²) in [5, 5.41) is 21.3. The largest absolute Gasteiger partial charge is 0.507 e. The highest BCUT2D eigenvalue weighted by Crippen LogP contribution is 2.50. The SMILES string of the molecule is O=C(S[C@@]12CC[C@@H](O)[C@@H]1C(=O)NC2=O)c1ccccc1O. The normalized spacial score (nSPS) is 31.1. The number of benzene rings is 1. The molecule has 1 heterocycles. The number of hydrogen-bond donors (Lipinski definition) is 3. The van der Waals surface area contributed by atoms with Gasteiger partial charge in [-0.05, 0) is 25.0 Å². The maximum atomic E-state index is 12.3. The van der Waals surface area contributed by atoms with Gasteiger partial charge in [-0.25, -0.2) is 0 Å². The van der Waals surface area contributed by atoms with Gasteiger partial charge in [-0.15, -0.1) is 0 Å². The third-order valence-corrected chi connectivity index (χ3v) is 5.41. The van der Waals surface area contributed by atoms with Gasteiger partial charge >= 0.3 is 0 Å². The molecule has 21 heavy (non-hydrogen) atoms. The number of aliphatic hydroxyl groups excluding tert-OH is 1. The predicted octanol–water partition coefficient (Wildman–Crippen LogP) is 0.432. The highest BCUT2D eigenvalue weighted by molar-refractivity contribution is 8.16. The van der Waals surface area contributed by atoms with Crippen LogP contribution in [0.2, 0.25) is 0 Å². The number of thioether (sulfide) groups is 1. The van der Waals surface area contributed by atoms with Crippen molar-refractivity contribution in [1.29, 1.82) is 0 Å². The number of amides is 2. The van der Waals surface area contributed by atoms with Crippen molar-refractivity contribution >= 4 is 28.7 Å². The van der Waals surface area contributed by atoms with Crippen LogP contribution >= 0.6 is 11.8 Å². The third-order valence-electron chi connectivity index (χ3n) is 4.00. The van der Waals surface area contributed by atoms with E-state index in [2.05, 4.69) is 5.32 Å². The van der Waals surface area contributed by atoms with Gasteiger partial charge in [0.25, 0.3) is 0 Å². The minimum atomic E-state index is -1.27. The molecule has 1 aromatic carbocycles. The molecule has 1 saturated carbocycles. The number of rotatable bonds is 2. The zero-order valence-electron chi connectivity index (χ0n) is 10.9. The van der Waals surface area contributed by atoms with E-state index in [-0.39, 0.29) is 17.7 Å². The second-order valence-electron chi connectivity index (χ2n) is 5.20. The Labute approximate surface area is 124 Å². The smallest absolute Gasteiger partial charge is 0.244 e. The Morgan fingerprint density at radius 1 is 1.33 bits per heavy atom. The summed E-state index contributed by atoms with van der Waals surface area (Å²) in [5.41, 5.74) is 0.0872. The number of carbonyl (C=O) groups excluding carboxylic acids is 3. The van der Waals surface area contributed by atoms with Crippen molar-refractivity contribution in [2.24, 2.45) is 5.92 Å². The van der Waals surface area contributed by atoms with Gasteiger partial charge < -0.3 is 10.2 Å². The highest BCUT2D eigenvalue weighted by Gasteiger charge is 2.63. The summed E-state index contributed by atoms with van der Waals surface area (Å²) < 4.78 is -1.27. The lowest BCUT2D eigenvalue weighted by Crippen LogP contribution is -2.38. The number of phenolic OH excluding ortho intramolecular Hbond substituents is 1. The second-order valence-corrected chi connectivity index (χ2v) is 6.50. The van der Waals surface area contributed by atoms with E-state index in [0.717, 1.165) is 0 Å². The van der Waals surface area contributed by atoms with E-state index >= 15 is 0 Å². The first-order valence-electron chi connectivity index (χ1n) is 6.50. The molecule has 0 unspecified atom stereocenters. The molecule has 110 valence electrons. The van der Waals surface area contributed by atoms with Crippen molar-refractivity contribution in [3.05, 3.63) is 29.8 Å². The zero-order valence-corrected chi connectivity index (χ0v) is 11.7. The molecule has 1 aliphatic heterocycles. The molecule has 2 fully saturated rings. The van der Waals surface area contributed by atoms with Crippen LogP contribution in [0.25, 0.3) is 0 Å². The van der Waals surface area contributed by atoms with Gasteiger partial charge in [-0.1, -0.05) is 23.9 Å². The van der Waals surface area contributed by atoms with Crippen LogP contribution < -0.4 is 5.32 Å². The molecule has 3 rings (SSSR count). The minimum Gasteiger partial charge on any atom is -0.507 e. The maximum Gasteiger partial charge on any atom is 0.244 e. The number of phenols is 1. The Hall–Kier alpha value is -1.86. The van der Waals surface area contributed by atoms with Crippen molar-refractivity contribution in [2.45, 2.75) is 23.7 Å². The van der Waals surface area contributed by atoms with Crippen molar-refractivity contribution in [2.75, 3.05) is 0 Å². The number of aromatic hydroxyl groups is 1. The van der Waals surface area contributed by atoms with Crippen molar-refractivity contribution in [3.8, 4) is 5.75 Å². The summed E-state index contributed by atoms with van der Waals surface area (Å²) in [5.74, 6) is -2.17. The van der Waals surface area contributed by atoms with Gasteiger partial charge in [0.2, 0.25) is 16.9 Å². The summed E-state index contributed by atoms with van der Waals surface area (Å²) >= 11 is 0.716. The van der Waals surface area contributed by atoms with E-state index in [1.807, 2.05) is 0 Å². The standard InChI is InChI=1S/C14H13NO5S/c16-8-4-2-1-3-7(8)12(19)21-14-6-5-9(17)10(14)11(18)15-13(14)20/h1-4,9-10,16-17H,5-6H2,(H,15,18,20)/t9-,10-,14+/m1/s1. The van der Waals surface area contributed by atoms with Gasteiger partial charge in [0.05, 0.1) is 17.6 Å². The Kier molecular flexibility index (Phi) is 3.26. The molecule has 7 heteroatoms. The number of aliphatic hydroxyl groups is 1. The van der Waals surface area contributed by atoms with Crippen LogP contribution in [0.1, 0.15) is 23.2 Å². The van der Waals surface area contributed by atoms with E-state index in [1.165, 1.54) is 12.1 Å². The van der Waals surface area contributed by atoms with E-state index in [1.54, 1.807) is 12.1 Å². The van der Waals surface area contributed by atoms with Gasteiger partial charge in [-0.2, -0.15) is 0 Å². The average molecular weight is 307 g/mol. The lowest BCUT2D eigenvalue weighted by atomic mass is 9.97. The number of imide groups is 1. The van der Waals surface area contributed by atoms with E-state index < -0.39 is 33.7 Å². The minimum absolute atomic E-state index is 0.0872. The first-order chi connectivity index (χ1) is 9.95. The molecule has 0 aromatic heterocycles. The summed E-state index contributed by atoms with van der Waals surface area (Å²) in [6.45, 7) is 0. The molecule has 0 radical (unpaired) electrons. The van der Waals surface area contributed by atoms with E-state index in [0.29, 0.717) is 18.2 Å². The number of carbonyl (C=O) groups is 3. The Morgan fingerprint density at radius 2 is 2.05 bits per heavy atom. The van der Waals surface area contributed by atoms with Crippen LogP contribution in [0.3, 0.4) is 0 Å². The van der Waals surface area contributed by atoms with E-state index in [9.17, 15) is 24.6 Å². The maximum absolute atomic E-state index is 12.3. The van der Waals surface area contributed by atoms with Gasteiger partial charge in [0.1, 0.15) is 10.5 Å². The van der Waals surface area contributed by atoms with Crippen LogP contribution in [0.15, 0.2) is 24.3 Å². The Bertz CT molecular complexity index is 646. The molecular formula is C14H13NO5S. The second kappa shape index (κ2) is 4.85. The van der Waals surface area contributed by atoms with Crippen LogP contribution in [0.4, 0.5) is 0 Å². The lowest BCUT2D eigenvalue weighted by molar-refractivity contribution is -0.127. The fraction of sp³-hybridized carbons (Fsp3) is 0.357. The summed E-state index contributed by atoms with van der Waals surface area (Å²) in [6.07, 6.45) is -0.383. The quantitative estimate of drug-likeness (QED) is 0.685. The van der Waals surface area contributed by atoms with Crippen LogP contribution in [-0.2, 0) is 9.59 Å². The van der Waals surface area contributed by atoms with Crippen LogP contribution in [-0.4, -0.2) is 38.0 Å². The van der Waals surface area contributed by atoms with Gasteiger partial charge in [0, 0.05) is 0 Å². The number of hydrogen-bond acceptors (Lipinski definition) is 6. The topological polar surface area (TPSA) is 104 Å². The monoisotopic (exact) mass is 307 g/mol. The average Bonchev–Trinajstić information content (AvgIpc) is 2.88. The summed E-state index contributed by atoms with van der Waals surface area (Å²) in [7, 11) is 0. The van der Waals surface area contributed by atoms with Crippen LogP contribution in [0, 0.1) is 5.92 Å². The van der Waals surface area contributed by atoms with Gasteiger partial charge in [-0.3, -0.25) is 19.7 Å². The van der Waals surface area contributed by atoms with Gasteiger partial charge in [0.15, 0.2) is 0 Å². The van der Waals surface area contributed by atoms with Crippen molar-refractivity contribution in [1.82, 2.24) is 5.32 Å².